The van der Waals surface area contributed by atoms with E-state index in [-0.39, 0.29) is 0 Å². The third kappa shape index (κ3) is 3.61. The molecule has 2 aromatic rings. The topological polar surface area (TPSA) is 47.0 Å². The first kappa shape index (κ1) is 14.6. The largest absolute Gasteiger partial charge is 0.494 e. The lowest BCUT2D eigenvalue weighted by molar-refractivity contribution is 0.340. The molecule has 0 amide bonds. The minimum Gasteiger partial charge on any atom is -0.494 e. The van der Waals surface area contributed by atoms with Crippen molar-refractivity contribution in [2.24, 2.45) is 0 Å². The van der Waals surface area contributed by atoms with Crippen LogP contribution in [0.5, 0.6) is 5.75 Å². The Morgan fingerprint density at radius 1 is 1.15 bits per heavy atom. The van der Waals surface area contributed by atoms with E-state index >= 15 is 0 Å². The van der Waals surface area contributed by atoms with Crippen LogP contribution in [0.3, 0.4) is 0 Å². The Balaban J connectivity index is 2.19. The van der Waals surface area contributed by atoms with Crippen molar-refractivity contribution in [3.8, 4) is 5.75 Å². The fourth-order valence-electron chi connectivity index (χ4n) is 1.91. The molecule has 4 nitrogen and oxygen atoms in total. The molecule has 1 N–H and O–H groups in total. The van der Waals surface area contributed by atoms with E-state index in [1.807, 2.05) is 31.2 Å². The van der Waals surface area contributed by atoms with Gasteiger partial charge < -0.3 is 10.1 Å². The number of hydrogen-bond acceptors (Lipinski definition) is 4. The Kier molecular flexibility index (Phi) is 5.18. The van der Waals surface area contributed by atoms with Crippen molar-refractivity contribution in [2.45, 2.75) is 26.7 Å². The summed E-state index contributed by atoms with van der Waals surface area (Å²) in [6.45, 7) is 4.73. The second-order valence-electron chi connectivity index (χ2n) is 4.32. The Hall–Kier alpha value is -1.81. The molecule has 0 aliphatic rings. The number of aromatic nitrogens is 2. The van der Waals surface area contributed by atoms with Gasteiger partial charge in [-0.05, 0) is 37.6 Å². The maximum atomic E-state index is 6.13. The van der Waals surface area contributed by atoms with Gasteiger partial charge in [0, 0.05) is 11.3 Å². The molecule has 0 aliphatic heterocycles. The molecule has 20 heavy (non-hydrogen) atoms. The van der Waals surface area contributed by atoms with Crippen LogP contribution in [0.2, 0.25) is 5.15 Å². The lowest BCUT2D eigenvalue weighted by Gasteiger charge is -2.11. The molecule has 0 spiro atoms. The number of halogens is 1. The molecule has 0 saturated carbocycles. The highest BCUT2D eigenvalue weighted by atomic mass is 35.5. The van der Waals surface area contributed by atoms with Crippen LogP contribution in [-0.2, 0) is 6.42 Å². The highest BCUT2D eigenvalue weighted by molar-refractivity contribution is 6.30. The molecule has 0 bridgehead atoms. The van der Waals surface area contributed by atoms with Crippen molar-refractivity contribution in [1.29, 1.82) is 0 Å². The van der Waals surface area contributed by atoms with E-state index in [9.17, 15) is 0 Å². The van der Waals surface area contributed by atoms with Gasteiger partial charge in [-0.3, -0.25) is 0 Å². The summed E-state index contributed by atoms with van der Waals surface area (Å²) in [5.74, 6) is 1.61. The summed E-state index contributed by atoms with van der Waals surface area (Å²) < 4.78 is 5.42. The number of nitrogens with one attached hydrogen (secondary N) is 1. The Morgan fingerprint density at radius 2 is 1.90 bits per heavy atom. The lowest BCUT2D eigenvalue weighted by Crippen LogP contribution is -2.01. The highest BCUT2D eigenvalue weighted by Crippen LogP contribution is 2.25. The van der Waals surface area contributed by atoms with E-state index < -0.39 is 0 Å². The number of hydrogen-bond donors (Lipinski definition) is 1. The quantitative estimate of drug-likeness (QED) is 0.809. The molecule has 0 fully saturated rings. The second kappa shape index (κ2) is 7.10. The van der Waals surface area contributed by atoms with E-state index in [0.717, 1.165) is 35.7 Å². The fourth-order valence-corrected chi connectivity index (χ4v) is 2.14. The van der Waals surface area contributed by atoms with Crippen LogP contribution < -0.4 is 10.1 Å². The van der Waals surface area contributed by atoms with Gasteiger partial charge in [-0.1, -0.05) is 24.9 Å². The van der Waals surface area contributed by atoms with Gasteiger partial charge in [0.25, 0.3) is 0 Å². The predicted molar refractivity (Wildman–Crippen MR) is 81.9 cm³/mol. The number of benzene rings is 1. The molecule has 106 valence electrons. The predicted octanol–water partition coefficient (Wildman–Crippen LogP) is 4.22. The Morgan fingerprint density at radius 3 is 2.55 bits per heavy atom. The third-order valence-electron chi connectivity index (χ3n) is 2.82. The monoisotopic (exact) mass is 291 g/mol. The van der Waals surface area contributed by atoms with Crippen LogP contribution in [-0.4, -0.2) is 16.6 Å². The van der Waals surface area contributed by atoms with Crippen LogP contribution in [0.1, 0.15) is 25.8 Å². The van der Waals surface area contributed by atoms with Gasteiger partial charge in [0.2, 0.25) is 0 Å². The van der Waals surface area contributed by atoms with Crippen molar-refractivity contribution >= 4 is 23.1 Å². The van der Waals surface area contributed by atoms with E-state index in [1.165, 1.54) is 6.33 Å². The zero-order chi connectivity index (χ0) is 14.4. The highest BCUT2D eigenvalue weighted by Gasteiger charge is 2.09. The maximum Gasteiger partial charge on any atom is 0.138 e. The molecular weight excluding hydrogens is 274 g/mol. The van der Waals surface area contributed by atoms with Crippen molar-refractivity contribution < 1.29 is 4.74 Å². The molecule has 1 heterocycles. The van der Waals surface area contributed by atoms with E-state index in [4.69, 9.17) is 16.3 Å². The standard InChI is InChI=1S/C15H18ClN3O/c1-3-5-13-14(16)17-10-18-15(13)19-11-6-8-12(9-7-11)20-4-2/h6-10H,3-5H2,1-2H3,(H,17,18,19). The first-order valence-electron chi connectivity index (χ1n) is 6.73. The molecule has 1 aromatic carbocycles. The smallest absolute Gasteiger partial charge is 0.138 e. The van der Waals surface area contributed by atoms with Gasteiger partial charge >= 0.3 is 0 Å². The first-order valence-corrected chi connectivity index (χ1v) is 7.11. The van der Waals surface area contributed by atoms with Crippen molar-refractivity contribution in [2.75, 3.05) is 11.9 Å². The van der Waals surface area contributed by atoms with Crippen LogP contribution >= 0.6 is 11.6 Å². The molecule has 5 heteroatoms. The van der Waals surface area contributed by atoms with Crippen LogP contribution in [0.25, 0.3) is 0 Å². The normalized spacial score (nSPS) is 10.3. The number of ether oxygens (including phenoxy) is 1. The summed E-state index contributed by atoms with van der Waals surface area (Å²) in [5, 5.41) is 3.79. The van der Waals surface area contributed by atoms with E-state index in [0.29, 0.717) is 11.8 Å². The number of anilines is 2. The molecular formula is C15H18ClN3O. The van der Waals surface area contributed by atoms with Crippen molar-refractivity contribution in [1.82, 2.24) is 9.97 Å². The van der Waals surface area contributed by atoms with E-state index in [1.54, 1.807) is 0 Å². The minimum atomic E-state index is 0.510. The third-order valence-corrected chi connectivity index (χ3v) is 3.15. The van der Waals surface area contributed by atoms with Crippen molar-refractivity contribution in [3.05, 3.63) is 41.3 Å². The molecule has 0 saturated heterocycles. The average Bonchev–Trinajstić information content (AvgIpc) is 2.45. The van der Waals surface area contributed by atoms with Gasteiger partial charge in [0.1, 0.15) is 23.0 Å². The molecule has 0 radical (unpaired) electrons. The minimum absolute atomic E-state index is 0.510. The maximum absolute atomic E-state index is 6.13. The summed E-state index contributed by atoms with van der Waals surface area (Å²) in [4.78, 5) is 8.31. The number of nitrogens with zero attached hydrogens (tertiary/aromatic N) is 2. The lowest BCUT2D eigenvalue weighted by atomic mass is 10.2. The first-order chi connectivity index (χ1) is 9.74. The van der Waals surface area contributed by atoms with Gasteiger partial charge in [-0.15, -0.1) is 0 Å². The fraction of sp³-hybridized carbons (Fsp3) is 0.333. The molecule has 0 unspecified atom stereocenters. The zero-order valence-corrected chi connectivity index (χ0v) is 12.4. The van der Waals surface area contributed by atoms with Crippen LogP contribution in [0, 0.1) is 0 Å². The summed E-state index contributed by atoms with van der Waals surface area (Å²) in [6, 6.07) is 7.76. The molecule has 1 aromatic heterocycles. The van der Waals surface area contributed by atoms with Crippen LogP contribution in [0.4, 0.5) is 11.5 Å². The van der Waals surface area contributed by atoms with Gasteiger partial charge in [0.05, 0.1) is 6.61 Å². The summed E-state index contributed by atoms with van der Waals surface area (Å²) in [6.07, 6.45) is 3.31. The summed E-state index contributed by atoms with van der Waals surface area (Å²) in [5.41, 5.74) is 1.89. The molecule has 0 aliphatic carbocycles. The summed E-state index contributed by atoms with van der Waals surface area (Å²) >= 11 is 6.13. The Bertz CT molecular complexity index is 558. The molecule has 2 rings (SSSR count). The zero-order valence-electron chi connectivity index (χ0n) is 11.7. The average molecular weight is 292 g/mol. The molecule has 0 atom stereocenters. The summed E-state index contributed by atoms with van der Waals surface area (Å²) in [7, 11) is 0. The second-order valence-corrected chi connectivity index (χ2v) is 4.68. The Labute approximate surface area is 124 Å². The van der Waals surface area contributed by atoms with Gasteiger partial charge in [0.15, 0.2) is 0 Å². The number of rotatable bonds is 6. The van der Waals surface area contributed by atoms with Gasteiger partial charge in [-0.25, -0.2) is 9.97 Å². The van der Waals surface area contributed by atoms with Crippen molar-refractivity contribution in [3.63, 3.8) is 0 Å². The van der Waals surface area contributed by atoms with Gasteiger partial charge in [-0.2, -0.15) is 0 Å². The van der Waals surface area contributed by atoms with Crippen LogP contribution in [0.15, 0.2) is 30.6 Å². The SMILES string of the molecule is CCCc1c(Cl)ncnc1Nc1ccc(OCC)cc1. The van der Waals surface area contributed by atoms with E-state index in [2.05, 4.69) is 22.2 Å².